The maximum Gasteiger partial charge on any atom is 0.264 e. The molecule has 1 aromatic carbocycles. The lowest BCUT2D eigenvalue weighted by molar-refractivity contribution is 0.408. The summed E-state index contributed by atoms with van der Waals surface area (Å²) in [6.45, 7) is 9.17. The second kappa shape index (κ2) is 10.2. The van der Waals surface area contributed by atoms with Crippen molar-refractivity contribution in [1.29, 1.82) is 0 Å². The Bertz CT molecular complexity index is 559. The lowest BCUT2D eigenvalue weighted by atomic mass is 9.82. The Labute approximate surface area is 148 Å². The van der Waals surface area contributed by atoms with Crippen LogP contribution in [0.15, 0.2) is 24.3 Å². The van der Waals surface area contributed by atoms with Gasteiger partial charge in [0, 0.05) is 0 Å². The molecular formula is C20H34O3S. The molecule has 0 aliphatic heterocycles. The van der Waals surface area contributed by atoms with Crippen molar-refractivity contribution in [2.75, 3.05) is 5.75 Å². The molecule has 0 saturated carbocycles. The normalized spacial score (nSPS) is 13.6. The van der Waals surface area contributed by atoms with Gasteiger partial charge in [0.05, 0.1) is 5.75 Å². The van der Waals surface area contributed by atoms with E-state index in [0.29, 0.717) is 24.2 Å². The van der Waals surface area contributed by atoms with Gasteiger partial charge in [-0.05, 0) is 54.6 Å². The molecule has 0 saturated heterocycles. The third-order valence-corrected chi connectivity index (χ3v) is 5.36. The molecule has 1 N–H and O–H groups in total. The van der Waals surface area contributed by atoms with Crippen LogP contribution in [-0.2, 0) is 16.5 Å². The zero-order valence-electron chi connectivity index (χ0n) is 15.7. The Kier molecular flexibility index (Phi) is 8.99. The van der Waals surface area contributed by atoms with Crippen molar-refractivity contribution in [2.45, 2.75) is 72.1 Å². The van der Waals surface area contributed by atoms with Gasteiger partial charge in [-0.25, -0.2) is 0 Å². The van der Waals surface area contributed by atoms with Gasteiger partial charge >= 0.3 is 0 Å². The van der Waals surface area contributed by atoms with Crippen molar-refractivity contribution in [1.82, 2.24) is 0 Å². The maximum atomic E-state index is 10.6. The zero-order valence-corrected chi connectivity index (χ0v) is 16.5. The molecule has 24 heavy (non-hydrogen) atoms. The fourth-order valence-corrected chi connectivity index (χ4v) is 3.77. The number of hydrogen-bond acceptors (Lipinski definition) is 2. The summed E-state index contributed by atoms with van der Waals surface area (Å²) >= 11 is 0. The number of hydrogen-bond donors (Lipinski definition) is 1. The predicted molar refractivity (Wildman–Crippen MR) is 102 cm³/mol. The number of benzene rings is 1. The molecular weight excluding hydrogens is 320 g/mol. The number of unbranched alkanes of at least 4 members (excludes halogenated alkanes) is 3. The van der Waals surface area contributed by atoms with Crippen LogP contribution in [-0.4, -0.2) is 18.7 Å². The quantitative estimate of drug-likeness (QED) is 0.424. The molecule has 0 aliphatic rings. The van der Waals surface area contributed by atoms with Crippen LogP contribution >= 0.6 is 0 Å². The van der Waals surface area contributed by atoms with Crippen molar-refractivity contribution < 1.29 is 13.0 Å². The molecule has 1 rings (SSSR count). The Morgan fingerprint density at radius 2 is 1.50 bits per heavy atom. The Hall–Kier alpha value is -0.870. The monoisotopic (exact) mass is 354 g/mol. The van der Waals surface area contributed by atoms with Crippen LogP contribution in [0.5, 0.6) is 0 Å². The standard InChI is InChI=1S/C20H34O3S/c1-16(2)15-20(17(3)4)19-12-10-18(11-13-19)9-7-5-6-8-14-24(21,22)23/h10-13,16-17,20H,5-9,14-15H2,1-4H3,(H,21,22,23). The van der Waals surface area contributed by atoms with Crippen LogP contribution in [0.3, 0.4) is 0 Å². The number of aryl methyl sites for hydroxylation is 1. The van der Waals surface area contributed by atoms with Gasteiger partial charge in [-0.1, -0.05) is 64.8 Å². The molecule has 1 unspecified atom stereocenters. The largest absolute Gasteiger partial charge is 0.286 e. The van der Waals surface area contributed by atoms with E-state index < -0.39 is 10.1 Å². The predicted octanol–water partition coefficient (Wildman–Crippen LogP) is 5.46. The van der Waals surface area contributed by atoms with E-state index in [1.54, 1.807) is 0 Å². The summed E-state index contributed by atoms with van der Waals surface area (Å²) in [5, 5.41) is 0. The topological polar surface area (TPSA) is 54.4 Å². The lowest BCUT2D eigenvalue weighted by Crippen LogP contribution is -2.10. The molecule has 138 valence electrons. The average molecular weight is 355 g/mol. The molecule has 0 spiro atoms. The van der Waals surface area contributed by atoms with Crippen molar-refractivity contribution in [3.8, 4) is 0 Å². The Morgan fingerprint density at radius 3 is 2.00 bits per heavy atom. The smallest absolute Gasteiger partial charge is 0.264 e. The van der Waals surface area contributed by atoms with Crippen molar-refractivity contribution in [3.05, 3.63) is 35.4 Å². The fraction of sp³-hybridized carbons (Fsp3) is 0.700. The molecule has 0 bridgehead atoms. The van der Waals surface area contributed by atoms with Crippen molar-refractivity contribution in [2.24, 2.45) is 11.8 Å². The highest BCUT2D eigenvalue weighted by molar-refractivity contribution is 7.85. The third kappa shape index (κ3) is 8.84. The second-order valence-corrected chi connectivity index (χ2v) is 9.24. The summed E-state index contributed by atoms with van der Waals surface area (Å²) in [5.41, 5.74) is 2.79. The first kappa shape index (κ1) is 21.2. The zero-order chi connectivity index (χ0) is 18.2. The highest BCUT2D eigenvalue weighted by Gasteiger charge is 2.17. The molecule has 1 aromatic rings. The summed E-state index contributed by atoms with van der Waals surface area (Å²) in [6, 6.07) is 9.04. The first-order chi connectivity index (χ1) is 11.2. The van der Waals surface area contributed by atoms with Gasteiger partial charge in [0.2, 0.25) is 0 Å². The van der Waals surface area contributed by atoms with Crippen LogP contribution < -0.4 is 0 Å². The molecule has 0 amide bonds. The summed E-state index contributed by atoms with van der Waals surface area (Å²) in [6.07, 6.45) is 5.71. The molecule has 0 aliphatic carbocycles. The minimum absolute atomic E-state index is 0.117. The van der Waals surface area contributed by atoms with Crippen LogP contribution in [0.4, 0.5) is 0 Å². The molecule has 0 heterocycles. The van der Waals surface area contributed by atoms with E-state index in [-0.39, 0.29) is 5.75 Å². The van der Waals surface area contributed by atoms with E-state index >= 15 is 0 Å². The summed E-state index contributed by atoms with van der Waals surface area (Å²) < 4.78 is 30.0. The molecule has 0 fully saturated rings. The highest BCUT2D eigenvalue weighted by atomic mass is 32.2. The minimum Gasteiger partial charge on any atom is -0.286 e. The van der Waals surface area contributed by atoms with Crippen molar-refractivity contribution >= 4 is 10.1 Å². The first-order valence-corrected chi connectivity index (χ1v) is 10.8. The second-order valence-electron chi connectivity index (χ2n) is 7.67. The summed E-state index contributed by atoms with van der Waals surface area (Å²) in [4.78, 5) is 0. The van der Waals surface area contributed by atoms with Gasteiger partial charge in [0.15, 0.2) is 0 Å². The van der Waals surface area contributed by atoms with E-state index in [2.05, 4.69) is 52.0 Å². The highest BCUT2D eigenvalue weighted by Crippen LogP contribution is 2.31. The Morgan fingerprint density at radius 1 is 0.917 bits per heavy atom. The fourth-order valence-electron chi connectivity index (χ4n) is 3.20. The SMILES string of the molecule is CC(C)CC(c1ccc(CCCCCCS(=O)(=O)O)cc1)C(C)C. The lowest BCUT2D eigenvalue weighted by Gasteiger charge is -2.23. The van der Waals surface area contributed by atoms with Gasteiger partial charge in [-0.3, -0.25) is 4.55 Å². The van der Waals surface area contributed by atoms with Crippen LogP contribution in [0.2, 0.25) is 0 Å². The summed E-state index contributed by atoms with van der Waals surface area (Å²) in [7, 11) is -3.79. The summed E-state index contributed by atoms with van der Waals surface area (Å²) in [5.74, 6) is 1.87. The van der Waals surface area contributed by atoms with E-state index in [9.17, 15) is 8.42 Å². The van der Waals surface area contributed by atoms with Crippen LogP contribution in [0.25, 0.3) is 0 Å². The van der Waals surface area contributed by atoms with Gasteiger partial charge in [0.1, 0.15) is 0 Å². The van der Waals surface area contributed by atoms with Gasteiger partial charge in [-0.15, -0.1) is 0 Å². The molecule has 4 heteroatoms. The van der Waals surface area contributed by atoms with Gasteiger partial charge < -0.3 is 0 Å². The van der Waals surface area contributed by atoms with Gasteiger partial charge in [0.25, 0.3) is 10.1 Å². The number of rotatable bonds is 11. The molecule has 3 nitrogen and oxygen atoms in total. The maximum absolute atomic E-state index is 10.6. The van der Waals surface area contributed by atoms with Crippen LogP contribution in [0.1, 0.15) is 76.8 Å². The van der Waals surface area contributed by atoms with Gasteiger partial charge in [-0.2, -0.15) is 8.42 Å². The third-order valence-electron chi connectivity index (χ3n) is 4.56. The molecule has 1 atom stereocenters. The van der Waals surface area contributed by atoms with E-state index in [1.165, 1.54) is 17.5 Å². The minimum atomic E-state index is -3.79. The van der Waals surface area contributed by atoms with Crippen LogP contribution in [0, 0.1) is 11.8 Å². The van der Waals surface area contributed by atoms with E-state index in [4.69, 9.17) is 4.55 Å². The van der Waals surface area contributed by atoms with Crippen molar-refractivity contribution in [3.63, 3.8) is 0 Å². The first-order valence-electron chi connectivity index (χ1n) is 9.23. The molecule has 0 radical (unpaired) electrons. The average Bonchev–Trinajstić information content (AvgIpc) is 2.47. The Balaban J connectivity index is 2.41. The van der Waals surface area contributed by atoms with E-state index in [0.717, 1.165) is 25.7 Å². The van der Waals surface area contributed by atoms with E-state index in [1.807, 2.05) is 0 Å². The molecule has 0 aromatic heterocycles.